The Balaban J connectivity index is 0.00000261. The molecule has 0 amide bonds. The standard InChI is InChI=1S/C20H22N4OS.HI/c1-21-20(22-12-13-26-18-10-6-3-7-11-18)23-15-17-14-19(25-24-17)16-8-4-2-5-9-16;/h2-11,14H,12-13,15H2,1H3,(H2,21,22,23);1H. The summed E-state index contributed by atoms with van der Waals surface area (Å²) < 4.78 is 5.41. The highest BCUT2D eigenvalue weighted by Crippen LogP contribution is 2.19. The first-order chi connectivity index (χ1) is 12.8. The van der Waals surface area contributed by atoms with Gasteiger partial charge in [0.1, 0.15) is 5.69 Å². The van der Waals surface area contributed by atoms with E-state index in [1.807, 2.05) is 54.2 Å². The van der Waals surface area contributed by atoms with Crippen LogP contribution in [0.2, 0.25) is 0 Å². The molecule has 0 fully saturated rings. The number of hydrogen-bond donors (Lipinski definition) is 2. The molecule has 1 heterocycles. The van der Waals surface area contributed by atoms with Crippen molar-refractivity contribution in [2.24, 2.45) is 4.99 Å². The zero-order chi connectivity index (χ0) is 18.0. The van der Waals surface area contributed by atoms with Gasteiger partial charge in [-0.2, -0.15) is 0 Å². The van der Waals surface area contributed by atoms with E-state index in [-0.39, 0.29) is 24.0 Å². The van der Waals surface area contributed by atoms with Gasteiger partial charge in [-0.1, -0.05) is 53.7 Å². The highest BCUT2D eigenvalue weighted by atomic mass is 127. The Morgan fingerprint density at radius 1 is 1.04 bits per heavy atom. The molecule has 0 bridgehead atoms. The predicted molar refractivity (Wildman–Crippen MR) is 123 cm³/mol. The molecule has 3 aromatic rings. The van der Waals surface area contributed by atoms with Crippen LogP contribution >= 0.6 is 35.7 Å². The van der Waals surface area contributed by atoms with E-state index in [0.717, 1.165) is 35.3 Å². The molecule has 7 heteroatoms. The number of halogens is 1. The minimum Gasteiger partial charge on any atom is -0.356 e. The number of aromatic nitrogens is 1. The molecule has 0 aliphatic carbocycles. The lowest BCUT2D eigenvalue weighted by Gasteiger charge is -2.10. The van der Waals surface area contributed by atoms with E-state index in [9.17, 15) is 0 Å². The molecule has 0 atom stereocenters. The maximum absolute atomic E-state index is 5.41. The normalized spacial score (nSPS) is 10.9. The minimum absolute atomic E-state index is 0. The zero-order valence-corrected chi connectivity index (χ0v) is 18.2. The molecule has 2 aromatic carbocycles. The molecule has 3 rings (SSSR count). The summed E-state index contributed by atoms with van der Waals surface area (Å²) in [7, 11) is 1.76. The van der Waals surface area contributed by atoms with Gasteiger partial charge in [0.25, 0.3) is 0 Å². The largest absolute Gasteiger partial charge is 0.356 e. The van der Waals surface area contributed by atoms with E-state index in [1.165, 1.54) is 4.90 Å². The summed E-state index contributed by atoms with van der Waals surface area (Å²) in [5.74, 6) is 2.49. The molecule has 2 N–H and O–H groups in total. The fourth-order valence-electron chi connectivity index (χ4n) is 2.38. The van der Waals surface area contributed by atoms with Gasteiger partial charge < -0.3 is 15.2 Å². The van der Waals surface area contributed by atoms with Crippen molar-refractivity contribution in [1.82, 2.24) is 15.8 Å². The number of aliphatic imine (C=N–C) groups is 1. The zero-order valence-electron chi connectivity index (χ0n) is 15.1. The molecule has 0 unspecified atom stereocenters. The van der Waals surface area contributed by atoms with Crippen LogP contribution in [0.1, 0.15) is 5.69 Å². The molecule has 0 saturated carbocycles. The van der Waals surface area contributed by atoms with Crippen LogP contribution in [-0.2, 0) is 6.54 Å². The van der Waals surface area contributed by atoms with E-state index >= 15 is 0 Å². The van der Waals surface area contributed by atoms with Gasteiger partial charge in [-0.05, 0) is 12.1 Å². The Morgan fingerprint density at radius 3 is 2.44 bits per heavy atom. The number of rotatable bonds is 7. The Hall–Kier alpha value is -2.00. The topological polar surface area (TPSA) is 62.5 Å². The summed E-state index contributed by atoms with van der Waals surface area (Å²) in [4.78, 5) is 5.51. The molecule has 0 aliphatic heterocycles. The van der Waals surface area contributed by atoms with Gasteiger partial charge in [-0.25, -0.2) is 0 Å². The fraction of sp³-hybridized carbons (Fsp3) is 0.200. The molecule has 0 aliphatic rings. The highest BCUT2D eigenvalue weighted by Gasteiger charge is 2.07. The average molecular weight is 494 g/mol. The van der Waals surface area contributed by atoms with Gasteiger partial charge in [0.2, 0.25) is 0 Å². The van der Waals surface area contributed by atoms with Crippen molar-refractivity contribution in [3.8, 4) is 11.3 Å². The average Bonchev–Trinajstić information content (AvgIpc) is 3.18. The molecule has 1 aromatic heterocycles. The molecular formula is C20H23IN4OS. The maximum atomic E-state index is 5.41. The van der Waals surface area contributed by atoms with Crippen molar-refractivity contribution in [3.63, 3.8) is 0 Å². The van der Waals surface area contributed by atoms with Gasteiger partial charge in [0.15, 0.2) is 11.7 Å². The second kappa shape index (κ2) is 11.7. The Bertz CT molecular complexity index is 824. The summed E-state index contributed by atoms with van der Waals surface area (Å²) in [5.41, 5.74) is 1.86. The number of nitrogens with one attached hydrogen (secondary N) is 2. The van der Waals surface area contributed by atoms with Crippen molar-refractivity contribution in [1.29, 1.82) is 0 Å². The van der Waals surface area contributed by atoms with Gasteiger partial charge in [-0.15, -0.1) is 35.7 Å². The molecule has 0 radical (unpaired) electrons. The molecule has 0 spiro atoms. The first-order valence-electron chi connectivity index (χ1n) is 8.48. The van der Waals surface area contributed by atoms with Gasteiger partial charge in [0.05, 0.1) is 6.54 Å². The fourth-order valence-corrected chi connectivity index (χ4v) is 3.17. The number of benzene rings is 2. The third-order valence-electron chi connectivity index (χ3n) is 3.68. The summed E-state index contributed by atoms with van der Waals surface area (Å²) in [5, 5.41) is 10.7. The quantitative estimate of drug-likeness (QED) is 0.168. The van der Waals surface area contributed by atoms with Crippen LogP contribution in [0.4, 0.5) is 0 Å². The molecule has 5 nitrogen and oxygen atoms in total. The van der Waals surface area contributed by atoms with Crippen molar-refractivity contribution >= 4 is 41.7 Å². The predicted octanol–water partition coefficient (Wildman–Crippen LogP) is 4.42. The van der Waals surface area contributed by atoms with Crippen LogP contribution in [0.15, 0.2) is 81.1 Å². The van der Waals surface area contributed by atoms with E-state index in [0.29, 0.717) is 6.54 Å². The van der Waals surface area contributed by atoms with E-state index < -0.39 is 0 Å². The first kappa shape index (κ1) is 21.3. The van der Waals surface area contributed by atoms with Crippen LogP contribution in [-0.4, -0.2) is 30.5 Å². The number of guanidine groups is 1. The Morgan fingerprint density at radius 2 is 1.74 bits per heavy atom. The SMILES string of the molecule is CN=C(NCCSc1ccccc1)NCc1cc(-c2ccccc2)on1.I. The second-order valence-electron chi connectivity index (χ2n) is 5.56. The van der Waals surface area contributed by atoms with Crippen molar-refractivity contribution in [2.45, 2.75) is 11.4 Å². The van der Waals surface area contributed by atoms with Crippen LogP contribution in [0.25, 0.3) is 11.3 Å². The molecular weight excluding hydrogens is 471 g/mol. The highest BCUT2D eigenvalue weighted by molar-refractivity contribution is 14.0. The smallest absolute Gasteiger partial charge is 0.191 e. The number of thioether (sulfide) groups is 1. The summed E-state index contributed by atoms with van der Waals surface area (Å²) in [6, 6.07) is 22.3. The number of nitrogens with zero attached hydrogens (tertiary/aromatic N) is 2. The van der Waals surface area contributed by atoms with E-state index in [1.54, 1.807) is 7.05 Å². The maximum Gasteiger partial charge on any atom is 0.191 e. The Labute approximate surface area is 181 Å². The number of hydrogen-bond acceptors (Lipinski definition) is 4. The third-order valence-corrected chi connectivity index (χ3v) is 4.70. The van der Waals surface area contributed by atoms with Crippen molar-refractivity contribution < 1.29 is 4.52 Å². The lowest BCUT2D eigenvalue weighted by molar-refractivity contribution is 0.422. The monoisotopic (exact) mass is 494 g/mol. The van der Waals surface area contributed by atoms with Crippen molar-refractivity contribution in [2.75, 3.05) is 19.3 Å². The molecule has 142 valence electrons. The van der Waals surface area contributed by atoms with Gasteiger partial charge in [-0.3, -0.25) is 4.99 Å². The molecule has 0 saturated heterocycles. The van der Waals surface area contributed by atoms with E-state index in [4.69, 9.17) is 4.52 Å². The van der Waals surface area contributed by atoms with Crippen LogP contribution in [0.5, 0.6) is 0 Å². The van der Waals surface area contributed by atoms with Crippen molar-refractivity contribution in [3.05, 3.63) is 72.4 Å². The summed E-state index contributed by atoms with van der Waals surface area (Å²) in [6.07, 6.45) is 0. The van der Waals surface area contributed by atoms with Crippen LogP contribution in [0.3, 0.4) is 0 Å². The van der Waals surface area contributed by atoms with Crippen LogP contribution in [0, 0.1) is 0 Å². The Kier molecular flexibility index (Phi) is 9.20. The van der Waals surface area contributed by atoms with Gasteiger partial charge >= 0.3 is 0 Å². The van der Waals surface area contributed by atoms with Crippen LogP contribution < -0.4 is 10.6 Å². The van der Waals surface area contributed by atoms with E-state index in [2.05, 4.69) is 45.0 Å². The molecule has 27 heavy (non-hydrogen) atoms. The lowest BCUT2D eigenvalue weighted by Crippen LogP contribution is -2.38. The second-order valence-corrected chi connectivity index (χ2v) is 6.73. The summed E-state index contributed by atoms with van der Waals surface area (Å²) >= 11 is 1.82. The van der Waals surface area contributed by atoms with Gasteiger partial charge in [0, 0.05) is 35.9 Å². The lowest BCUT2D eigenvalue weighted by atomic mass is 10.2. The summed E-state index contributed by atoms with van der Waals surface area (Å²) in [6.45, 7) is 1.38. The first-order valence-corrected chi connectivity index (χ1v) is 9.47. The third kappa shape index (κ3) is 6.91. The minimum atomic E-state index is 0.